The Labute approximate surface area is 189 Å². The van der Waals surface area contributed by atoms with E-state index in [4.69, 9.17) is 37.4 Å². The lowest BCUT2D eigenvalue weighted by Crippen LogP contribution is -2.05. The van der Waals surface area contributed by atoms with Crippen LogP contribution in [0.25, 0.3) is 6.08 Å². The van der Waals surface area contributed by atoms with Gasteiger partial charge < -0.3 is 14.2 Å². The van der Waals surface area contributed by atoms with Crippen molar-refractivity contribution in [2.24, 2.45) is 4.99 Å². The van der Waals surface area contributed by atoms with Gasteiger partial charge in [0.1, 0.15) is 6.61 Å². The maximum Gasteiger partial charge on any atom is 0.363 e. The first-order valence-electron chi connectivity index (χ1n) is 9.36. The van der Waals surface area contributed by atoms with Crippen LogP contribution in [-0.4, -0.2) is 19.0 Å². The maximum atomic E-state index is 12.3. The minimum Gasteiger partial charge on any atom is -0.493 e. The van der Waals surface area contributed by atoms with E-state index in [1.165, 1.54) is 0 Å². The van der Waals surface area contributed by atoms with Crippen molar-refractivity contribution in [2.45, 2.75) is 6.61 Å². The second kappa shape index (κ2) is 9.25. The highest BCUT2D eigenvalue weighted by Crippen LogP contribution is 2.31. The Morgan fingerprint density at radius 1 is 1.00 bits per heavy atom. The molecule has 1 heterocycles. The van der Waals surface area contributed by atoms with Gasteiger partial charge in [-0.15, -0.1) is 0 Å². The van der Waals surface area contributed by atoms with Gasteiger partial charge in [0.2, 0.25) is 5.90 Å². The summed E-state index contributed by atoms with van der Waals surface area (Å²) in [7, 11) is 1.55. The Bertz CT molecular complexity index is 1200. The molecule has 3 aromatic carbocycles. The van der Waals surface area contributed by atoms with E-state index in [2.05, 4.69) is 4.99 Å². The summed E-state index contributed by atoms with van der Waals surface area (Å²) >= 11 is 12.2. The first-order chi connectivity index (χ1) is 15.0. The van der Waals surface area contributed by atoms with Gasteiger partial charge in [0, 0.05) is 21.2 Å². The molecule has 0 saturated carbocycles. The van der Waals surface area contributed by atoms with E-state index in [1.807, 2.05) is 24.3 Å². The molecule has 5 nitrogen and oxygen atoms in total. The number of rotatable bonds is 6. The van der Waals surface area contributed by atoms with Crippen LogP contribution in [-0.2, 0) is 16.1 Å². The summed E-state index contributed by atoms with van der Waals surface area (Å²) in [6.45, 7) is 0.302. The molecule has 0 spiro atoms. The quantitative estimate of drug-likeness (QED) is 0.343. The Kier molecular flexibility index (Phi) is 6.26. The van der Waals surface area contributed by atoms with Crippen molar-refractivity contribution in [3.8, 4) is 11.5 Å². The SMILES string of the molecule is COc1cc(/C=C2\N=C(c3cccc(Cl)c3)OC2=O)ccc1OCc1ccccc1Cl. The second-order valence-corrected chi connectivity index (χ2v) is 7.48. The zero-order valence-electron chi connectivity index (χ0n) is 16.5. The van der Waals surface area contributed by atoms with Crippen molar-refractivity contribution in [3.05, 3.63) is 99.2 Å². The van der Waals surface area contributed by atoms with Crippen LogP contribution < -0.4 is 9.47 Å². The van der Waals surface area contributed by atoms with Gasteiger partial charge in [-0.25, -0.2) is 9.79 Å². The lowest BCUT2D eigenvalue weighted by Gasteiger charge is -2.12. The first-order valence-corrected chi connectivity index (χ1v) is 10.1. The molecule has 0 aromatic heterocycles. The summed E-state index contributed by atoms with van der Waals surface area (Å²) in [5.41, 5.74) is 2.39. The van der Waals surface area contributed by atoms with Crippen LogP contribution >= 0.6 is 23.2 Å². The van der Waals surface area contributed by atoms with Crippen LogP contribution in [0.4, 0.5) is 0 Å². The third-order valence-electron chi connectivity index (χ3n) is 4.52. The van der Waals surface area contributed by atoms with E-state index >= 15 is 0 Å². The number of methoxy groups -OCH3 is 1. The molecule has 0 saturated heterocycles. The molecule has 7 heteroatoms. The van der Waals surface area contributed by atoms with Gasteiger partial charge in [-0.2, -0.15) is 0 Å². The van der Waals surface area contributed by atoms with E-state index in [-0.39, 0.29) is 11.6 Å². The molecule has 4 rings (SSSR count). The highest BCUT2D eigenvalue weighted by atomic mass is 35.5. The maximum absolute atomic E-state index is 12.3. The van der Waals surface area contributed by atoms with Gasteiger partial charge in [0.25, 0.3) is 0 Å². The summed E-state index contributed by atoms with van der Waals surface area (Å²) in [6, 6.07) is 19.8. The molecule has 0 N–H and O–H groups in total. The summed E-state index contributed by atoms with van der Waals surface area (Å²) in [4.78, 5) is 16.6. The number of halogens is 2. The van der Waals surface area contributed by atoms with Crippen molar-refractivity contribution in [1.29, 1.82) is 0 Å². The number of aliphatic imine (C=N–C) groups is 1. The van der Waals surface area contributed by atoms with Gasteiger partial charge in [-0.1, -0.05) is 53.5 Å². The fourth-order valence-corrected chi connectivity index (χ4v) is 3.36. The number of benzene rings is 3. The predicted octanol–water partition coefficient (Wildman–Crippen LogP) is 5.93. The van der Waals surface area contributed by atoms with E-state index in [0.29, 0.717) is 39.3 Å². The number of nitrogens with zero attached hydrogens (tertiary/aromatic N) is 1. The minimum absolute atomic E-state index is 0.182. The summed E-state index contributed by atoms with van der Waals surface area (Å²) in [6.07, 6.45) is 1.63. The number of ether oxygens (including phenoxy) is 3. The van der Waals surface area contributed by atoms with Gasteiger partial charge in [-0.3, -0.25) is 0 Å². The molecule has 0 radical (unpaired) electrons. The molecule has 156 valence electrons. The van der Waals surface area contributed by atoms with E-state index in [0.717, 1.165) is 5.56 Å². The van der Waals surface area contributed by atoms with Crippen molar-refractivity contribution in [1.82, 2.24) is 0 Å². The van der Waals surface area contributed by atoms with E-state index < -0.39 is 5.97 Å². The van der Waals surface area contributed by atoms with Crippen LogP contribution in [0.15, 0.2) is 77.4 Å². The van der Waals surface area contributed by atoms with Crippen molar-refractivity contribution in [2.75, 3.05) is 7.11 Å². The van der Waals surface area contributed by atoms with Crippen LogP contribution in [0.2, 0.25) is 10.0 Å². The molecule has 0 unspecified atom stereocenters. The van der Waals surface area contributed by atoms with Gasteiger partial charge >= 0.3 is 5.97 Å². The molecule has 31 heavy (non-hydrogen) atoms. The zero-order chi connectivity index (χ0) is 21.8. The molecule has 0 aliphatic carbocycles. The third kappa shape index (κ3) is 4.90. The van der Waals surface area contributed by atoms with Crippen molar-refractivity contribution < 1.29 is 19.0 Å². The standard InChI is InChI=1S/C24H17Cl2NO4/c1-29-22-12-15(9-10-21(22)30-14-17-5-2-3-8-19(17)26)11-20-24(28)31-23(27-20)16-6-4-7-18(25)13-16/h2-13H,14H2,1H3/b20-11-. The van der Waals surface area contributed by atoms with Gasteiger partial charge in [-0.05, 0) is 48.0 Å². The summed E-state index contributed by atoms with van der Waals surface area (Å²) < 4.78 is 16.6. The highest BCUT2D eigenvalue weighted by molar-refractivity contribution is 6.31. The highest BCUT2D eigenvalue weighted by Gasteiger charge is 2.24. The minimum atomic E-state index is -0.534. The smallest absolute Gasteiger partial charge is 0.363 e. The topological polar surface area (TPSA) is 57.1 Å². The summed E-state index contributed by atoms with van der Waals surface area (Å²) in [5.74, 6) is 0.756. The monoisotopic (exact) mass is 453 g/mol. The molecule has 0 fully saturated rings. The molecule has 1 aliphatic rings. The Morgan fingerprint density at radius 2 is 1.84 bits per heavy atom. The Hall–Kier alpha value is -3.28. The molecule has 0 atom stereocenters. The van der Waals surface area contributed by atoms with Crippen LogP contribution in [0.3, 0.4) is 0 Å². The molecule has 1 aliphatic heterocycles. The number of esters is 1. The van der Waals surface area contributed by atoms with Gasteiger partial charge in [0.05, 0.1) is 7.11 Å². The van der Waals surface area contributed by atoms with Crippen LogP contribution in [0.5, 0.6) is 11.5 Å². The van der Waals surface area contributed by atoms with Crippen molar-refractivity contribution >= 4 is 41.1 Å². The van der Waals surface area contributed by atoms with Gasteiger partial charge in [0.15, 0.2) is 17.2 Å². The number of carbonyl (C=O) groups is 1. The van der Waals surface area contributed by atoms with E-state index in [1.54, 1.807) is 55.7 Å². The number of cyclic esters (lactones) is 1. The van der Waals surface area contributed by atoms with Crippen molar-refractivity contribution in [3.63, 3.8) is 0 Å². The average Bonchev–Trinajstić information content (AvgIpc) is 3.14. The lowest BCUT2D eigenvalue weighted by molar-refractivity contribution is -0.129. The van der Waals surface area contributed by atoms with E-state index in [9.17, 15) is 4.79 Å². The molecular formula is C24H17Cl2NO4. The average molecular weight is 454 g/mol. The number of hydrogen-bond acceptors (Lipinski definition) is 5. The largest absolute Gasteiger partial charge is 0.493 e. The zero-order valence-corrected chi connectivity index (χ0v) is 18.0. The number of hydrogen-bond donors (Lipinski definition) is 0. The third-order valence-corrected chi connectivity index (χ3v) is 5.13. The normalized spacial score (nSPS) is 14.4. The first kappa shape index (κ1) is 21.0. The lowest BCUT2D eigenvalue weighted by atomic mass is 10.1. The second-order valence-electron chi connectivity index (χ2n) is 6.64. The molecule has 3 aromatic rings. The Morgan fingerprint density at radius 3 is 2.61 bits per heavy atom. The molecule has 0 bridgehead atoms. The fourth-order valence-electron chi connectivity index (χ4n) is 2.98. The predicted molar refractivity (Wildman–Crippen MR) is 121 cm³/mol. The van der Waals surface area contributed by atoms with Crippen LogP contribution in [0, 0.1) is 0 Å². The fraction of sp³-hybridized carbons (Fsp3) is 0.0833. The molecule has 0 amide bonds. The van der Waals surface area contributed by atoms with Crippen LogP contribution in [0.1, 0.15) is 16.7 Å². The Balaban J connectivity index is 1.55. The summed E-state index contributed by atoms with van der Waals surface area (Å²) in [5, 5.41) is 1.17. The number of carbonyl (C=O) groups excluding carboxylic acids is 1. The molecular weight excluding hydrogens is 437 g/mol.